The molecule has 1 unspecified atom stereocenters. The highest BCUT2D eigenvalue weighted by atomic mass is 16.5. The summed E-state index contributed by atoms with van der Waals surface area (Å²) < 4.78 is 5.69. The Balaban J connectivity index is 1.85. The highest BCUT2D eigenvalue weighted by molar-refractivity contribution is 5.21. The first kappa shape index (κ1) is 9.46. The second-order valence-electron chi connectivity index (χ2n) is 3.80. The fourth-order valence-electron chi connectivity index (χ4n) is 1.68. The molecule has 3 heteroatoms. The van der Waals surface area contributed by atoms with Crippen molar-refractivity contribution in [2.45, 2.75) is 13.3 Å². The number of pyridine rings is 1. The second-order valence-corrected chi connectivity index (χ2v) is 3.80. The molecule has 1 fully saturated rings. The summed E-state index contributed by atoms with van der Waals surface area (Å²) in [4.78, 5) is 4.13. The van der Waals surface area contributed by atoms with Crippen LogP contribution in [0, 0.1) is 12.8 Å². The van der Waals surface area contributed by atoms with Crippen LogP contribution in [0.3, 0.4) is 0 Å². The van der Waals surface area contributed by atoms with Crippen LogP contribution >= 0.6 is 0 Å². The lowest BCUT2D eigenvalue weighted by Gasteiger charge is -2.10. The summed E-state index contributed by atoms with van der Waals surface area (Å²) in [6.45, 7) is 5.01. The molecule has 1 aromatic rings. The minimum atomic E-state index is 0.670. The van der Waals surface area contributed by atoms with E-state index in [1.165, 1.54) is 6.42 Å². The van der Waals surface area contributed by atoms with Gasteiger partial charge in [0.2, 0.25) is 0 Å². The van der Waals surface area contributed by atoms with Crippen LogP contribution in [-0.4, -0.2) is 24.7 Å². The average molecular weight is 192 g/mol. The van der Waals surface area contributed by atoms with E-state index in [1.807, 2.05) is 19.1 Å². The molecule has 0 saturated carbocycles. The molecule has 0 radical (unpaired) electrons. The summed E-state index contributed by atoms with van der Waals surface area (Å²) >= 11 is 0. The number of ether oxygens (including phenoxy) is 1. The van der Waals surface area contributed by atoms with Gasteiger partial charge in [0.25, 0.3) is 0 Å². The number of nitrogens with zero attached hydrogens (tertiary/aromatic N) is 1. The Morgan fingerprint density at radius 3 is 3.29 bits per heavy atom. The zero-order valence-corrected chi connectivity index (χ0v) is 8.49. The van der Waals surface area contributed by atoms with E-state index in [0.29, 0.717) is 5.92 Å². The average Bonchev–Trinajstić information content (AvgIpc) is 2.67. The summed E-state index contributed by atoms with van der Waals surface area (Å²) in [5.41, 5.74) is 1.01. The Morgan fingerprint density at radius 1 is 1.64 bits per heavy atom. The van der Waals surface area contributed by atoms with Gasteiger partial charge in [0.15, 0.2) is 0 Å². The molecular weight excluding hydrogens is 176 g/mol. The number of hydrogen-bond acceptors (Lipinski definition) is 3. The molecule has 1 aliphatic rings. The van der Waals surface area contributed by atoms with Crippen molar-refractivity contribution in [1.82, 2.24) is 10.3 Å². The van der Waals surface area contributed by atoms with Gasteiger partial charge in [-0.3, -0.25) is 4.98 Å². The van der Waals surface area contributed by atoms with Crippen LogP contribution in [0.15, 0.2) is 18.3 Å². The molecule has 1 aliphatic heterocycles. The van der Waals surface area contributed by atoms with Crippen molar-refractivity contribution in [1.29, 1.82) is 0 Å². The van der Waals surface area contributed by atoms with E-state index in [0.717, 1.165) is 31.1 Å². The largest absolute Gasteiger partial charge is 0.493 e. The van der Waals surface area contributed by atoms with Gasteiger partial charge in [-0.2, -0.15) is 0 Å². The topological polar surface area (TPSA) is 34.1 Å². The summed E-state index contributed by atoms with van der Waals surface area (Å²) in [6.07, 6.45) is 3.02. The van der Waals surface area contributed by atoms with Gasteiger partial charge in [-0.05, 0) is 26.0 Å². The van der Waals surface area contributed by atoms with Gasteiger partial charge >= 0.3 is 0 Å². The lowest BCUT2D eigenvalue weighted by Crippen LogP contribution is -2.15. The van der Waals surface area contributed by atoms with Gasteiger partial charge in [0, 0.05) is 30.4 Å². The molecule has 2 heterocycles. The molecule has 0 bridgehead atoms. The van der Waals surface area contributed by atoms with E-state index >= 15 is 0 Å². The van der Waals surface area contributed by atoms with E-state index in [4.69, 9.17) is 4.74 Å². The van der Waals surface area contributed by atoms with Gasteiger partial charge < -0.3 is 10.1 Å². The van der Waals surface area contributed by atoms with Crippen LogP contribution in [-0.2, 0) is 0 Å². The highest BCUT2D eigenvalue weighted by Gasteiger charge is 2.14. The van der Waals surface area contributed by atoms with E-state index in [-0.39, 0.29) is 0 Å². The third kappa shape index (κ3) is 2.45. The second kappa shape index (κ2) is 4.42. The van der Waals surface area contributed by atoms with Crippen molar-refractivity contribution >= 4 is 0 Å². The van der Waals surface area contributed by atoms with Crippen molar-refractivity contribution in [3.8, 4) is 5.75 Å². The molecule has 0 amide bonds. The molecule has 1 saturated heterocycles. The first-order chi connectivity index (χ1) is 6.84. The van der Waals surface area contributed by atoms with Gasteiger partial charge in [0.05, 0.1) is 6.61 Å². The fourth-order valence-corrected chi connectivity index (χ4v) is 1.68. The smallest absolute Gasteiger partial charge is 0.122 e. The Bertz CT molecular complexity index is 295. The maximum Gasteiger partial charge on any atom is 0.122 e. The van der Waals surface area contributed by atoms with Gasteiger partial charge in [0.1, 0.15) is 5.75 Å². The summed E-state index contributed by atoms with van der Waals surface area (Å²) in [5, 5.41) is 3.33. The number of aromatic nitrogens is 1. The molecule has 3 nitrogen and oxygen atoms in total. The predicted molar refractivity (Wildman–Crippen MR) is 55.4 cm³/mol. The first-order valence-electron chi connectivity index (χ1n) is 5.11. The molecule has 2 rings (SSSR count). The van der Waals surface area contributed by atoms with Crippen molar-refractivity contribution in [3.63, 3.8) is 0 Å². The van der Waals surface area contributed by atoms with Crippen molar-refractivity contribution < 1.29 is 4.74 Å². The van der Waals surface area contributed by atoms with Crippen LogP contribution < -0.4 is 10.1 Å². The number of rotatable bonds is 3. The Morgan fingerprint density at radius 2 is 2.57 bits per heavy atom. The van der Waals surface area contributed by atoms with E-state index < -0.39 is 0 Å². The van der Waals surface area contributed by atoms with E-state index in [2.05, 4.69) is 10.3 Å². The maximum absolute atomic E-state index is 5.69. The zero-order valence-electron chi connectivity index (χ0n) is 8.49. The summed E-state index contributed by atoms with van der Waals surface area (Å²) in [5.74, 6) is 1.60. The molecular formula is C11H16N2O. The number of hydrogen-bond donors (Lipinski definition) is 1. The molecule has 1 N–H and O–H groups in total. The maximum atomic E-state index is 5.69. The van der Waals surface area contributed by atoms with Gasteiger partial charge in [-0.15, -0.1) is 0 Å². The Kier molecular flexibility index (Phi) is 2.99. The van der Waals surface area contributed by atoms with E-state index in [1.54, 1.807) is 6.20 Å². The lowest BCUT2D eigenvalue weighted by molar-refractivity contribution is 0.259. The third-order valence-corrected chi connectivity index (χ3v) is 2.52. The molecule has 1 atom stereocenters. The molecule has 14 heavy (non-hydrogen) atoms. The SMILES string of the molecule is Cc1cc(OCC2CCNC2)ccn1. The predicted octanol–water partition coefficient (Wildman–Crippen LogP) is 1.38. The van der Waals surface area contributed by atoms with Crippen LogP contribution in [0.25, 0.3) is 0 Å². The Hall–Kier alpha value is -1.09. The van der Waals surface area contributed by atoms with Crippen LogP contribution in [0.2, 0.25) is 0 Å². The van der Waals surface area contributed by atoms with Crippen LogP contribution in [0.5, 0.6) is 5.75 Å². The standard InChI is InChI=1S/C11H16N2O/c1-9-6-11(3-5-13-9)14-8-10-2-4-12-7-10/h3,5-6,10,12H,2,4,7-8H2,1H3. The number of aryl methyl sites for hydroxylation is 1. The first-order valence-corrected chi connectivity index (χ1v) is 5.11. The molecule has 1 aromatic heterocycles. The normalized spacial score (nSPS) is 21.1. The quantitative estimate of drug-likeness (QED) is 0.785. The number of nitrogens with one attached hydrogen (secondary N) is 1. The highest BCUT2D eigenvalue weighted by Crippen LogP contribution is 2.14. The zero-order chi connectivity index (χ0) is 9.80. The van der Waals surface area contributed by atoms with Crippen LogP contribution in [0.1, 0.15) is 12.1 Å². The van der Waals surface area contributed by atoms with Gasteiger partial charge in [-0.25, -0.2) is 0 Å². The molecule has 0 aromatic carbocycles. The van der Waals surface area contributed by atoms with Crippen molar-refractivity contribution in [2.24, 2.45) is 5.92 Å². The summed E-state index contributed by atoms with van der Waals surface area (Å²) in [6, 6.07) is 3.89. The van der Waals surface area contributed by atoms with E-state index in [9.17, 15) is 0 Å². The minimum absolute atomic E-state index is 0.670. The fraction of sp³-hybridized carbons (Fsp3) is 0.545. The van der Waals surface area contributed by atoms with Crippen molar-refractivity contribution in [3.05, 3.63) is 24.0 Å². The molecule has 0 spiro atoms. The monoisotopic (exact) mass is 192 g/mol. The third-order valence-electron chi connectivity index (χ3n) is 2.52. The summed E-state index contributed by atoms with van der Waals surface area (Å²) in [7, 11) is 0. The van der Waals surface area contributed by atoms with Gasteiger partial charge in [-0.1, -0.05) is 0 Å². The van der Waals surface area contributed by atoms with Crippen molar-refractivity contribution in [2.75, 3.05) is 19.7 Å². The Labute approximate surface area is 84.5 Å². The minimum Gasteiger partial charge on any atom is -0.493 e. The molecule has 76 valence electrons. The molecule has 0 aliphatic carbocycles. The lowest BCUT2D eigenvalue weighted by atomic mass is 10.1. The van der Waals surface area contributed by atoms with Crippen LogP contribution in [0.4, 0.5) is 0 Å².